The summed E-state index contributed by atoms with van der Waals surface area (Å²) in [5.41, 5.74) is 6.47. The summed E-state index contributed by atoms with van der Waals surface area (Å²) in [5.74, 6) is 0.334. The molecule has 0 saturated heterocycles. The molecule has 2 aliphatic carbocycles. The molecular formula is C16H21BrClFN2O. The Bertz CT molecular complexity index is 543. The number of fused-ring (bicyclic) bond motifs is 2. The fourth-order valence-corrected chi connectivity index (χ4v) is 4.35. The Balaban J connectivity index is 0.00000176. The fraction of sp³-hybridized carbons (Fsp3) is 0.562. The predicted molar refractivity (Wildman–Crippen MR) is 90.6 cm³/mol. The van der Waals surface area contributed by atoms with E-state index in [9.17, 15) is 9.18 Å². The van der Waals surface area contributed by atoms with Crippen molar-refractivity contribution in [3.8, 4) is 0 Å². The van der Waals surface area contributed by atoms with Crippen molar-refractivity contribution in [1.82, 2.24) is 5.32 Å². The van der Waals surface area contributed by atoms with Crippen LogP contribution in [0, 0.1) is 17.7 Å². The van der Waals surface area contributed by atoms with E-state index in [1.165, 1.54) is 18.6 Å². The van der Waals surface area contributed by atoms with Crippen LogP contribution in [0.2, 0.25) is 0 Å². The summed E-state index contributed by atoms with van der Waals surface area (Å²) in [6.07, 6.45) is 5.43. The van der Waals surface area contributed by atoms with Crippen LogP contribution in [0.15, 0.2) is 22.7 Å². The highest BCUT2D eigenvalue weighted by Gasteiger charge is 2.40. The fourth-order valence-electron chi connectivity index (χ4n) is 3.93. The molecule has 3 N–H and O–H groups in total. The van der Waals surface area contributed by atoms with Gasteiger partial charge in [-0.15, -0.1) is 12.4 Å². The Morgan fingerprint density at radius 1 is 1.27 bits per heavy atom. The third-order valence-corrected chi connectivity index (χ3v) is 5.54. The van der Waals surface area contributed by atoms with Gasteiger partial charge in [0.15, 0.2) is 0 Å². The number of halogens is 3. The molecule has 1 aromatic carbocycles. The topological polar surface area (TPSA) is 55.1 Å². The van der Waals surface area contributed by atoms with Crippen molar-refractivity contribution in [2.45, 2.75) is 44.2 Å². The summed E-state index contributed by atoms with van der Waals surface area (Å²) in [7, 11) is 0. The lowest BCUT2D eigenvalue weighted by Gasteiger charge is -2.45. The summed E-state index contributed by atoms with van der Waals surface area (Å²) < 4.78 is 14.0. The third kappa shape index (κ3) is 3.63. The largest absolute Gasteiger partial charge is 0.349 e. The maximum atomic E-state index is 13.4. The molecule has 3 nitrogen and oxygen atoms in total. The minimum Gasteiger partial charge on any atom is -0.349 e. The molecule has 2 unspecified atom stereocenters. The lowest BCUT2D eigenvalue weighted by Crippen LogP contribution is -2.53. The van der Waals surface area contributed by atoms with Crippen LogP contribution in [-0.2, 0) is 0 Å². The number of nitrogens with one attached hydrogen (secondary N) is 1. The van der Waals surface area contributed by atoms with E-state index in [2.05, 4.69) is 21.2 Å². The number of hydrogen-bond donors (Lipinski definition) is 2. The Kier molecular flexibility index (Phi) is 5.86. The van der Waals surface area contributed by atoms with Crippen LogP contribution in [0.25, 0.3) is 0 Å². The zero-order chi connectivity index (χ0) is 15.0. The smallest absolute Gasteiger partial charge is 0.252 e. The number of nitrogens with two attached hydrogens (primary N) is 1. The minimum absolute atomic E-state index is 0. The average molecular weight is 392 g/mol. The first kappa shape index (κ1) is 17.7. The standard InChI is InChI=1S/C16H20BrFN2O.ClH/c17-14-5-4-11(18)8-13(14)16(21)20-15-9-2-1-3-10(15)7-12(19)6-9;/h4-5,8-10,12,15H,1-3,6-7,19H2,(H,20,21);1H. The first-order valence-corrected chi connectivity index (χ1v) is 8.35. The number of amides is 1. The molecule has 0 aromatic heterocycles. The van der Waals surface area contributed by atoms with Gasteiger partial charge in [0.2, 0.25) is 0 Å². The van der Waals surface area contributed by atoms with Crippen LogP contribution in [0.4, 0.5) is 4.39 Å². The molecule has 3 rings (SSSR count). The number of benzene rings is 1. The molecular weight excluding hydrogens is 371 g/mol. The summed E-state index contributed by atoms with van der Waals surface area (Å²) in [5, 5.41) is 3.13. The number of hydrogen-bond acceptors (Lipinski definition) is 2. The van der Waals surface area contributed by atoms with Crippen LogP contribution in [0.1, 0.15) is 42.5 Å². The first-order chi connectivity index (χ1) is 10.0. The van der Waals surface area contributed by atoms with Gasteiger partial charge in [-0.25, -0.2) is 4.39 Å². The van der Waals surface area contributed by atoms with E-state index < -0.39 is 5.82 Å². The normalized spacial score (nSPS) is 30.3. The van der Waals surface area contributed by atoms with Gasteiger partial charge in [0.25, 0.3) is 5.91 Å². The second kappa shape index (κ2) is 7.28. The highest BCUT2D eigenvalue weighted by atomic mass is 79.9. The Hall–Kier alpha value is -0.650. The number of rotatable bonds is 2. The van der Waals surface area contributed by atoms with Gasteiger partial charge in [0, 0.05) is 16.6 Å². The number of carbonyl (C=O) groups is 1. The Labute approximate surface area is 144 Å². The molecule has 1 aromatic rings. The highest BCUT2D eigenvalue weighted by molar-refractivity contribution is 9.10. The van der Waals surface area contributed by atoms with Crippen molar-refractivity contribution in [3.63, 3.8) is 0 Å². The quantitative estimate of drug-likeness (QED) is 0.808. The van der Waals surface area contributed by atoms with Gasteiger partial charge in [-0.1, -0.05) is 6.42 Å². The summed E-state index contributed by atoms with van der Waals surface area (Å²) in [6, 6.07) is 4.64. The molecule has 0 radical (unpaired) electrons. The Morgan fingerprint density at radius 2 is 1.91 bits per heavy atom. The maximum Gasteiger partial charge on any atom is 0.252 e. The van der Waals surface area contributed by atoms with Crippen molar-refractivity contribution in [1.29, 1.82) is 0 Å². The molecule has 1 amide bonds. The third-order valence-electron chi connectivity index (χ3n) is 4.85. The van der Waals surface area contributed by atoms with Gasteiger partial charge < -0.3 is 11.1 Å². The van der Waals surface area contributed by atoms with Gasteiger partial charge in [0.1, 0.15) is 5.82 Å². The van der Waals surface area contributed by atoms with Gasteiger partial charge in [-0.3, -0.25) is 4.79 Å². The zero-order valence-electron chi connectivity index (χ0n) is 12.2. The second-order valence-electron chi connectivity index (χ2n) is 6.31. The first-order valence-electron chi connectivity index (χ1n) is 7.56. The van der Waals surface area contributed by atoms with E-state index in [0.717, 1.165) is 25.7 Å². The average Bonchev–Trinajstić information content (AvgIpc) is 2.42. The van der Waals surface area contributed by atoms with Gasteiger partial charge in [-0.2, -0.15) is 0 Å². The van der Waals surface area contributed by atoms with Crippen LogP contribution in [0.3, 0.4) is 0 Å². The van der Waals surface area contributed by atoms with E-state index in [0.29, 0.717) is 21.9 Å². The molecule has 2 saturated carbocycles. The molecule has 122 valence electrons. The monoisotopic (exact) mass is 390 g/mol. The molecule has 2 bridgehead atoms. The van der Waals surface area contributed by atoms with Crippen LogP contribution >= 0.6 is 28.3 Å². The molecule has 22 heavy (non-hydrogen) atoms. The number of carbonyl (C=O) groups excluding carboxylic acids is 1. The lowest BCUT2D eigenvalue weighted by atomic mass is 9.67. The summed E-state index contributed by atoms with van der Waals surface area (Å²) in [6.45, 7) is 0. The second-order valence-corrected chi connectivity index (χ2v) is 7.16. The van der Waals surface area contributed by atoms with Gasteiger partial charge >= 0.3 is 0 Å². The van der Waals surface area contributed by atoms with Crippen molar-refractivity contribution >= 4 is 34.2 Å². The molecule has 2 fully saturated rings. The van der Waals surface area contributed by atoms with Crippen molar-refractivity contribution in [2.24, 2.45) is 17.6 Å². The van der Waals surface area contributed by atoms with E-state index >= 15 is 0 Å². The Morgan fingerprint density at radius 3 is 2.55 bits per heavy atom. The highest BCUT2D eigenvalue weighted by Crippen LogP contribution is 2.39. The van der Waals surface area contributed by atoms with Crippen LogP contribution in [-0.4, -0.2) is 18.0 Å². The lowest BCUT2D eigenvalue weighted by molar-refractivity contribution is 0.0755. The van der Waals surface area contributed by atoms with Crippen molar-refractivity contribution < 1.29 is 9.18 Å². The molecule has 2 atom stereocenters. The molecule has 0 spiro atoms. The molecule has 6 heteroatoms. The SMILES string of the molecule is Cl.NC1CC2CCCC(C1)C2NC(=O)c1cc(F)ccc1Br. The molecule has 0 heterocycles. The minimum atomic E-state index is -0.394. The summed E-state index contributed by atoms with van der Waals surface area (Å²) in [4.78, 5) is 12.5. The van der Waals surface area contributed by atoms with Crippen molar-refractivity contribution in [3.05, 3.63) is 34.1 Å². The van der Waals surface area contributed by atoms with Crippen LogP contribution < -0.4 is 11.1 Å². The molecule has 0 aliphatic heterocycles. The maximum absolute atomic E-state index is 13.4. The van der Waals surface area contributed by atoms with E-state index in [4.69, 9.17) is 5.73 Å². The zero-order valence-corrected chi connectivity index (χ0v) is 14.6. The van der Waals surface area contributed by atoms with Crippen molar-refractivity contribution in [2.75, 3.05) is 0 Å². The van der Waals surface area contributed by atoms with Crippen LogP contribution in [0.5, 0.6) is 0 Å². The predicted octanol–water partition coefficient (Wildman–Crippen LogP) is 3.65. The summed E-state index contributed by atoms with van der Waals surface area (Å²) >= 11 is 3.32. The molecule has 2 aliphatic rings. The van der Waals surface area contributed by atoms with E-state index in [1.807, 2.05) is 0 Å². The van der Waals surface area contributed by atoms with E-state index in [-0.39, 0.29) is 30.4 Å². The van der Waals surface area contributed by atoms with E-state index in [1.54, 1.807) is 6.07 Å². The van der Waals surface area contributed by atoms with Gasteiger partial charge in [0.05, 0.1) is 5.56 Å². The van der Waals surface area contributed by atoms with Gasteiger partial charge in [-0.05, 0) is 71.6 Å².